The molecule has 3 aliphatic heterocycles. The van der Waals surface area contributed by atoms with E-state index in [2.05, 4.69) is 20.9 Å². The molecule has 0 aliphatic carbocycles. The minimum atomic E-state index is -1.15. The van der Waals surface area contributed by atoms with Crippen molar-refractivity contribution in [1.29, 1.82) is 0 Å². The summed E-state index contributed by atoms with van der Waals surface area (Å²) in [5, 5.41) is 10.7. The average Bonchev–Trinajstić information content (AvgIpc) is 3.77. The van der Waals surface area contributed by atoms with Gasteiger partial charge in [-0.1, -0.05) is 50.7 Å². The molecule has 0 saturated carbocycles. The third-order valence-corrected chi connectivity index (χ3v) is 10.9. The zero-order valence-corrected chi connectivity index (χ0v) is 30.6. The summed E-state index contributed by atoms with van der Waals surface area (Å²) in [6.07, 6.45) is 11.4. The van der Waals surface area contributed by atoms with Gasteiger partial charge < -0.3 is 25.0 Å². The van der Waals surface area contributed by atoms with Gasteiger partial charge in [-0.05, 0) is 61.9 Å². The topological polar surface area (TPSA) is 139 Å². The average molecular weight is 752 g/mol. The van der Waals surface area contributed by atoms with Gasteiger partial charge in [0.15, 0.2) is 23.3 Å². The number of ether oxygens (including phenoxy) is 2. The molecule has 0 spiro atoms. The van der Waals surface area contributed by atoms with Gasteiger partial charge in [-0.3, -0.25) is 24.5 Å². The van der Waals surface area contributed by atoms with Gasteiger partial charge in [-0.15, -0.1) is 11.3 Å². The van der Waals surface area contributed by atoms with Crippen LogP contribution < -0.4 is 25.6 Å². The van der Waals surface area contributed by atoms with Crippen LogP contribution in [-0.2, 0) is 23.9 Å². The highest BCUT2D eigenvalue weighted by atomic mass is 32.1. The molecule has 0 radical (unpaired) electrons. The Bertz CT molecular complexity index is 1740. The second-order valence-electron chi connectivity index (χ2n) is 14.0. The van der Waals surface area contributed by atoms with E-state index >= 15 is 0 Å². The van der Waals surface area contributed by atoms with Gasteiger partial charge in [0, 0.05) is 49.1 Å². The number of rotatable bonds is 18. The summed E-state index contributed by atoms with van der Waals surface area (Å²) in [4.78, 5) is 55.2. The molecule has 3 saturated heterocycles. The van der Waals surface area contributed by atoms with Crippen LogP contribution in [0.5, 0.6) is 5.75 Å². The molecular weight excluding hydrogens is 705 g/mol. The molecule has 14 heteroatoms. The van der Waals surface area contributed by atoms with Crippen LogP contribution in [0.1, 0.15) is 95.0 Å². The Morgan fingerprint density at radius 1 is 0.906 bits per heavy atom. The molecule has 1 aromatic heterocycles. The van der Waals surface area contributed by atoms with E-state index in [4.69, 9.17) is 14.5 Å². The van der Waals surface area contributed by atoms with Gasteiger partial charge in [0.1, 0.15) is 0 Å². The van der Waals surface area contributed by atoms with Gasteiger partial charge in [-0.25, -0.2) is 9.37 Å². The predicted octanol–water partition coefficient (Wildman–Crippen LogP) is 6.62. The first-order valence-electron chi connectivity index (χ1n) is 18.7. The van der Waals surface area contributed by atoms with Crippen LogP contribution in [0.25, 0.3) is 11.3 Å². The Morgan fingerprint density at radius 3 is 2.32 bits per heavy atom. The van der Waals surface area contributed by atoms with Crippen molar-refractivity contribution in [2.75, 3.05) is 36.5 Å². The fourth-order valence-corrected chi connectivity index (χ4v) is 7.95. The zero-order chi connectivity index (χ0) is 37.2. The van der Waals surface area contributed by atoms with Crippen molar-refractivity contribution in [2.45, 2.75) is 102 Å². The third-order valence-electron chi connectivity index (χ3n) is 9.97. The van der Waals surface area contributed by atoms with Gasteiger partial charge >= 0.3 is 0 Å². The van der Waals surface area contributed by atoms with Crippen molar-refractivity contribution >= 4 is 45.8 Å². The number of piperidine rings is 1. The van der Waals surface area contributed by atoms with E-state index in [0.717, 1.165) is 94.1 Å². The Morgan fingerprint density at radius 2 is 1.60 bits per heavy atom. The van der Waals surface area contributed by atoms with Crippen LogP contribution in [0.15, 0.2) is 41.8 Å². The van der Waals surface area contributed by atoms with Crippen molar-refractivity contribution < 1.29 is 37.4 Å². The van der Waals surface area contributed by atoms with Gasteiger partial charge in [0.05, 0.1) is 23.8 Å². The van der Waals surface area contributed by atoms with Crippen molar-refractivity contribution in [2.24, 2.45) is 0 Å². The molecule has 6 rings (SSSR count). The summed E-state index contributed by atoms with van der Waals surface area (Å²) in [6.45, 7) is 1.53. The number of unbranched alkanes of at least 4 members (excludes halogenated alkanes) is 7. The first kappa shape index (κ1) is 38.3. The largest absolute Gasteiger partial charge is 0.480 e. The molecule has 4 amide bonds. The molecule has 3 fully saturated rings. The first-order chi connectivity index (χ1) is 25.7. The number of fused-ring (bicyclic) bond motifs is 2. The number of nitrogens with zero attached hydrogens (tertiary/aromatic N) is 2. The molecule has 3 aromatic rings. The molecule has 2 aromatic carbocycles. The maximum absolute atomic E-state index is 14.9. The third kappa shape index (κ3) is 10.6. The number of carbonyl (C=O) groups is 4. The van der Waals surface area contributed by atoms with Crippen LogP contribution in [0.3, 0.4) is 0 Å². The lowest BCUT2D eigenvalue weighted by molar-refractivity contribution is -0.134. The minimum Gasteiger partial charge on any atom is -0.480 e. The number of anilines is 2. The Kier molecular flexibility index (Phi) is 13.4. The standard InChI is InChI=1S/C39H47F2N5O6S/c40-31-18-16-30(32-24-53-39(44-32)46-21-27-14-15-28(22-46)52-27)37(36(31)41)51-23-35(49)42-20-8-6-4-2-1-3-5-7-9-33(47)43-26-12-10-25(11-13-26)29-17-19-34(48)45-38(29)50/h10-13,16,18,24,27-29H,1-9,14-15,17,19-23H2,(H,42,49)(H,43,47)(H,45,48,50). The normalized spacial score (nSPS) is 19.6. The number of thiazole rings is 1. The van der Waals surface area contributed by atoms with E-state index in [-0.39, 0.29) is 41.6 Å². The quantitative estimate of drug-likeness (QED) is 0.0975. The fourth-order valence-electron chi connectivity index (χ4n) is 7.10. The lowest BCUT2D eigenvalue weighted by atomic mass is 9.90. The highest BCUT2D eigenvalue weighted by Crippen LogP contribution is 2.38. The van der Waals surface area contributed by atoms with Gasteiger partial charge in [0.25, 0.3) is 5.91 Å². The number of aromatic nitrogens is 1. The van der Waals surface area contributed by atoms with Crippen LogP contribution >= 0.6 is 11.3 Å². The number of carbonyl (C=O) groups excluding carboxylic acids is 4. The molecule has 3 aliphatic rings. The number of imide groups is 1. The number of morpholine rings is 1. The Hall–Kier alpha value is -4.43. The highest BCUT2D eigenvalue weighted by molar-refractivity contribution is 7.14. The fraction of sp³-hybridized carbons (Fsp3) is 0.513. The van der Waals surface area contributed by atoms with E-state index in [1.54, 1.807) is 17.5 Å². The lowest BCUT2D eigenvalue weighted by Gasteiger charge is -2.31. The Balaban J connectivity index is 0.806. The summed E-state index contributed by atoms with van der Waals surface area (Å²) >= 11 is 1.43. The summed E-state index contributed by atoms with van der Waals surface area (Å²) in [5.41, 5.74) is 2.28. The number of nitrogens with one attached hydrogen (secondary N) is 3. The summed E-state index contributed by atoms with van der Waals surface area (Å²) in [5.74, 6) is -3.84. The molecule has 2 bridgehead atoms. The van der Waals surface area contributed by atoms with E-state index in [0.29, 0.717) is 42.8 Å². The lowest BCUT2D eigenvalue weighted by Crippen LogP contribution is -2.42. The number of hydrogen-bond acceptors (Lipinski definition) is 9. The molecule has 3 atom stereocenters. The van der Waals surface area contributed by atoms with Crippen LogP contribution in [0.4, 0.5) is 19.6 Å². The first-order valence-corrected chi connectivity index (χ1v) is 19.6. The molecule has 3 N–H and O–H groups in total. The van der Waals surface area contributed by atoms with Crippen molar-refractivity contribution in [3.05, 3.63) is 59.0 Å². The van der Waals surface area contributed by atoms with Crippen LogP contribution in [0.2, 0.25) is 0 Å². The molecule has 11 nitrogen and oxygen atoms in total. The van der Waals surface area contributed by atoms with Crippen LogP contribution in [0, 0.1) is 11.6 Å². The van der Waals surface area contributed by atoms with E-state index < -0.39 is 24.1 Å². The molecule has 284 valence electrons. The monoisotopic (exact) mass is 751 g/mol. The second-order valence-corrected chi connectivity index (χ2v) is 14.8. The highest BCUT2D eigenvalue weighted by Gasteiger charge is 2.35. The van der Waals surface area contributed by atoms with Gasteiger partial charge in [-0.2, -0.15) is 4.39 Å². The number of benzene rings is 2. The van der Waals surface area contributed by atoms with E-state index in [1.165, 1.54) is 17.4 Å². The number of hydrogen-bond donors (Lipinski definition) is 3. The Labute approximate surface area is 312 Å². The summed E-state index contributed by atoms with van der Waals surface area (Å²) in [6, 6.07) is 9.68. The smallest absolute Gasteiger partial charge is 0.257 e. The maximum atomic E-state index is 14.9. The van der Waals surface area contributed by atoms with Crippen LogP contribution in [-0.4, -0.2) is 67.1 Å². The summed E-state index contributed by atoms with van der Waals surface area (Å²) in [7, 11) is 0. The van der Waals surface area contributed by atoms with Gasteiger partial charge in [0.2, 0.25) is 23.5 Å². The predicted molar refractivity (Wildman–Crippen MR) is 198 cm³/mol. The minimum absolute atomic E-state index is 0.0449. The molecule has 4 heterocycles. The van der Waals surface area contributed by atoms with Crippen molar-refractivity contribution in [1.82, 2.24) is 15.6 Å². The molecular formula is C39H47F2N5O6S. The summed E-state index contributed by atoms with van der Waals surface area (Å²) < 4.78 is 40.5. The second kappa shape index (κ2) is 18.6. The number of amides is 4. The molecule has 3 unspecified atom stereocenters. The molecule has 53 heavy (non-hydrogen) atoms. The van der Waals surface area contributed by atoms with E-state index in [9.17, 15) is 28.0 Å². The van der Waals surface area contributed by atoms with Crippen molar-refractivity contribution in [3.8, 4) is 17.0 Å². The zero-order valence-electron chi connectivity index (χ0n) is 29.8. The SMILES string of the molecule is O=C(COc1c(-c2csc(N3CC4CCC(C3)O4)n2)ccc(F)c1F)NCCCCCCCCCCC(=O)Nc1ccc(C2CCC(=O)NC2=O)cc1. The van der Waals surface area contributed by atoms with Crippen molar-refractivity contribution in [3.63, 3.8) is 0 Å². The maximum Gasteiger partial charge on any atom is 0.257 e. The number of halogens is 2. The van der Waals surface area contributed by atoms with E-state index in [1.807, 2.05) is 12.1 Å².